The van der Waals surface area contributed by atoms with E-state index in [1.165, 1.54) is 5.56 Å². The fraction of sp³-hybridized carbons (Fsp3) is 0.400. The quantitative estimate of drug-likeness (QED) is 0.616. The monoisotopic (exact) mass is 192 g/mol. The third-order valence-electron chi connectivity index (χ3n) is 2.44. The van der Waals surface area contributed by atoms with Gasteiger partial charge in [-0.3, -0.25) is 0 Å². The van der Waals surface area contributed by atoms with Crippen LogP contribution in [0.2, 0.25) is 0 Å². The molecule has 0 N–H and O–H groups in total. The van der Waals surface area contributed by atoms with Crippen LogP contribution >= 0.6 is 0 Å². The molecule has 0 saturated carbocycles. The predicted octanol–water partition coefficient (Wildman–Crippen LogP) is 0.930. The van der Waals surface area contributed by atoms with E-state index in [0.29, 0.717) is 0 Å². The molecule has 1 aromatic rings. The Hall–Kier alpha value is -1.16. The van der Waals surface area contributed by atoms with Crippen molar-refractivity contribution >= 4 is 7.62 Å². The van der Waals surface area contributed by atoms with Crippen LogP contribution in [0.15, 0.2) is 18.2 Å². The Labute approximate surface area is 85.1 Å². The van der Waals surface area contributed by atoms with E-state index in [9.17, 15) is 0 Å². The highest BCUT2D eigenvalue weighted by atomic mass is 16.5. The number of benzene rings is 1. The van der Waals surface area contributed by atoms with E-state index in [2.05, 4.69) is 20.2 Å². The van der Waals surface area contributed by atoms with Gasteiger partial charge in [0.15, 0.2) is 0 Å². The van der Waals surface area contributed by atoms with Crippen LogP contribution in [-0.4, -0.2) is 33.2 Å². The first-order valence-corrected chi connectivity index (χ1v) is 4.72. The first-order chi connectivity index (χ1) is 6.61. The Morgan fingerprint density at radius 3 is 2.93 bits per heavy atom. The number of nitrogens with zero attached hydrogens (tertiary/aromatic N) is 1. The second-order valence-electron chi connectivity index (χ2n) is 4.34. The molecule has 1 aliphatic rings. The van der Waals surface area contributed by atoms with Crippen molar-refractivity contribution in [2.24, 2.45) is 0 Å². The first-order valence-electron chi connectivity index (χ1n) is 4.72. The fourth-order valence-corrected chi connectivity index (χ4v) is 1.70. The van der Waals surface area contributed by atoms with Gasteiger partial charge in [0.25, 0.3) is 0 Å². The molecule has 3 nitrogen and oxygen atoms in total. The highest BCUT2D eigenvalue weighted by Gasteiger charge is 2.28. The number of hydrogen-bond acceptors (Lipinski definition) is 2. The number of rotatable bonds is 1. The summed E-state index contributed by atoms with van der Waals surface area (Å²) in [5, 5.41) is 0. The van der Waals surface area contributed by atoms with Crippen LogP contribution in [-0.2, 0) is 6.54 Å². The Balaban J connectivity index is 2.34. The van der Waals surface area contributed by atoms with Gasteiger partial charge in [-0.1, -0.05) is 0 Å². The summed E-state index contributed by atoms with van der Waals surface area (Å²) in [5.41, 5.74) is 1.22. The van der Waals surface area contributed by atoms with Crippen molar-refractivity contribution < 1.29 is 13.8 Å². The Morgan fingerprint density at radius 1 is 1.43 bits per heavy atom. The molecular formula is C10H15BNO2+. The zero-order chi connectivity index (χ0) is 10.2. The van der Waals surface area contributed by atoms with Gasteiger partial charge in [-0.15, -0.1) is 0 Å². The summed E-state index contributed by atoms with van der Waals surface area (Å²) in [6, 6.07) is 5.96. The third-order valence-corrected chi connectivity index (χ3v) is 2.44. The summed E-state index contributed by atoms with van der Waals surface area (Å²) < 4.78 is 11.7. The van der Waals surface area contributed by atoms with Crippen molar-refractivity contribution in [1.82, 2.24) is 0 Å². The van der Waals surface area contributed by atoms with E-state index < -0.39 is 0 Å². The molecule has 0 spiro atoms. The molecule has 0 aliphatic carbocycles. The number of hydrogen-bond donors (Lipinski definition) is 0. The van der Waals surface area contributed by atoms with E-state index in [4.69, 9.17) is 9.39 Å². The van der Waals surface area contributed by atoms with E-state index in [-0.39, 0.29) is 0 Å². The minimum absolute atomic E-state index is 0.735. The minimum atomic E-state index is 0.735. The summed E-state index contributed by atoms with van der Waals surface area (Å²) >= 11 is 0. The molecule has 1 heterocycles. The second kappa shape index (κ2) is 3.21. The van der Waals surface area contributed by atoms with Crippen LogP contribution in [0.25, 0.3) is 0 Å². The van der Waals surface area contributed by atoms with Crippen molar-refractivity contribution in [2.75, 3.05) is 21.2 Å². The molecule has 0 fully saturated rings. The van der Waals surface area contributed by atoms with Crippen molar-refractivity contribution in [3.05, 3.63) is 23.8 Å². The van der Waals surface area contributed by atoms with Gasteiger partial charge in [0.1, 0.15) is 11.5 Å². The van der Waals surface area contributed by atoms with Crippen LogP contribution in [0.1, 0.15) is 5.56 Å². The molecule has 0 unspecified atom stereocenters. The summed E-state index contributed by atoms with van der Waals surface area (Å²) in [5.74, 6) is 1.89. The zero-order valence-electron chi connectivity index (χ0n) is 8.91. The number of ether oxygens (including phenoxy) is 1. The smallest absolute Gasteiger partial charge is 0.510 e. The maximum absolute atomic E-state index is 5.65. The van der Waals surface area contributed by atoms with Crippen LogP contribution in [0.4, 0.5) is 0 Å². The highest BCUT2D eigenvalue weighted by Crippen LogP contribution is 2.29. The maximum Gasteiger partial charge on any atom is 0.624 e. The van der Waals surface area contributed by atoms with Crippen LogP contribution in [0.5, 0.6) is 11.5 Å². The van der Waals surface area contributed by atoms with Gasteiger partial charge in [-0.2, -0.15) is 0 Å². The molecule has 2 rings (SSSR count). The lowest BCUT2D eigenvalue weighted by Gasteiger charge is -2.33. The molecule has 1 aliphatic heterocycles. The average molecular weight is 192 g/mol. The molecule has 0 aromatic heterocycles. The molecule has 4 heteroatoms. The Morgan fingerprint density at radius 2 is 2.21 bits per heavy atom. The van der Waals surface area contributed by atoms with Crippen LogP contribution < -0.4 is 9.39 Å². The normalized spacial score (nSPS) is 17.6. The summed E-state index contributed by atoms with van der Waals surface area (Å²) in [6.07, 6.45) is 0. The van der Waals surface area contributed by atoms with Crippen LogP contribution in [0.3, 0.4) is 0 Å². The van der Waals surface area contributed by atoms with Crippen molar-refractivity contribution in [2.45, 2.75) is 6.54 Å². The molecule has 0 atom stereocenters. The largest absolute Gasteiger partial charge is 0.624 e. The lowest BCUT2D eigenvalue weighted by atomic mass is 10.0. The van der Waals surface area contributed by atoms with Gasteiger partial charge in [0.05, 0.1) is 27.7 Å². The van der Waals surface area contributed by atoms with Gasteiger partial charge < -0.3 is 13.8 Å². The van der Waals surface area contributed by atoms with E-state index in [0.717, 1.165) is 30.1 Å². The Kier molecular flexibility index (Phi) is 2.15. The summed E-state index contributed by atoms with van der Waals surface area (Å²) in [4.78, 5) is 0. The standard InChI is InChI=1S/C10H15BNO2/c1-12(2)7-8-6-9(13-3)4-5-10(8)14-11-12/h4-6,11H,7H2,1-3H3/q+1. The minimum Gasteiger partial charge on any atom is -0.510 e. The lowest BCUT2D eigenvalue weighted by molar-refractivity contribution is -0.801. The number of fused-ring (bicyclic) bond motifs is 1. The summed E-state index contributed by atoms with van der Waals surface area (Å²) in [7, 11) is 6.73. The van der Waals surface area contributed by atoms with Crippen molar-refractivity contribution in [3.8, 4) is 11.5 Å². The van der Waals surface area contributed by atoms with Gasteiger partial charge >= 0.3 is 7.62 Å². The summed E-state index contributed by atoms with van der Waals surface area (Å²) in [6.45, 7) is 0.993. The highest BCUT2D eigenvalue weighted by molar-refractivity contribution is 6.19. The molecule has 1 aromatic carbocycles. The van der Waals surface area contributed by atoms with Gasteiger partial charge in [-0.25, -0.2) is 0 Å². The zero-order valence-corrected chi connectivity index (χ0v) is 8.91. The molecule has 0 saturated heterocycles. The van der Waals surface area contributed by atoms with Crippen molar-refractivity contribution in [1.29, 1.82) is 0 Å². The van der Waals surface area contributed by atoms with E-state index >= 15 is 0 Å². The average Bonchev–Trinajstić information content (AvgIpc) is 2.15. The Bertz CT molecular complexity index is 352. The van der Waals surface area contributed by atoms with Gasteiger partial charge in [0, 0.05) is 5.56 Å². The molecule has 14 heavy (non-hydrogen) atoms. The van der Waals surface area contributed by atoms with E-state index in [1.54, 1.807) is 7.11 Å². The molecule has 0 bridgehead atoms. The predicted molar refractivity (Wildman–Crippen MR) is 56.6 cm³/mol. The lowest BCUT2D eigenvalue weighted by Crippen LogP contribution is -2.47. The first kappa shape index (κ1) is 9.40. The fourth-order valence-electron chi connectivity index (χ4n) is 1.70. The van der Waals surface area contributed by atoms with Crippen molar-refractivity contribution in [3.63, 3.8) is 0 Å². The molecule has 0 radical (unpaired) electrons. The molecule has 0 amide bonds. The maximum atomic E-state index is 5.65. The number of methoxy groups -OCH3 is 1. The van der Waals surface area contributed by atoms with Gasteiger partial charge in [-0.05, 0) is 18.2 Å². The van der Waals surface area contributed by atoms with Gasteiger partial charge in [0.2, 0.25) is 0 Å². The van der Waals surface area contributed by atoms with E-state index in [1.807, 2.05) is 12.1 Å². The molecular weight excluding hydrogens is 177 g/mol. The second-order valence-corrected chi connectivity index (χ2v) is 4.34. The van der Waals surface area contributed by atoms with Crippen LogP contribution in [0, 0.1) is 0 Å². The number of quaternary nitrogens is 1. The molecule has 74 valence electrons. The SMILES string of the molecule is COc1ccc2c(c1)C[N+](C)(C)BO2. The third kappa shape index (κ3) is 1.70. The topological polar surface area (TPSA) is 18.5 Å².